The van der Waals surface area contributed by atoms with Crippen LogP contribution < -0.4 is 19.1 Å². The van der Waals surface area contributed by atoms with Gasteiger partial charge < -0.3 is 19.7 Å². The number of rotatable bonds is 13. The number of carbonyl (C=O) groups is 2. The van der Waals surface area contributed by atoms with E-state index in [0.29, 0.717) is 12.3 Å². The first-order valence-electron chi connectivity index (χ1n) is 13.4. The summed E-state index contributed by atoms with van der Waals surface area (Å²) in [6.07, 6.45) is 0. The molecule has 9 nitrogen and oxygen atoms in total. The lowest BCUT2D eigenvalue weighted by Crippen LogP contribution is -2.51. The van der Waals surface area contributed by atoms with E-state index in [1.54, 1.807) is 37.3 Å². The summed E-state index contributed by atoms with van der Waals surface area (Å²) in [5, 5.41) is 2.89. The normalized spacial score (nSPS) is 12.0. The van der Waals surface area contributed by atoms with Crippen LogP contribution in [0.2, 0.25) is 0 Å². The van der Waals surface area contributed by atoms with Gasteiger partial charge in [0.25, 0.3) is 10.0 Å². The second-order valence-electron chi connectivity index (χ2n) is 10.1. The van der Waals surface area contributed by atoms with Crippen LogP contribution in [0.1, 0.15) is 31.9 Å². The molecule has 0 aliphatic rings. The van der Waals surface area contributed by atoms with Crippen molar-refractivity contribution in [2.75, 3.05) is 31.6 Å². The Morgan fingerprint density at radius 2 is 1.56 bits per heavy atom. The molecule has 1 unspecified atom stereocenters. The fourth-order valence-corrected chi connectivity index (χ4v) is 5.67. The molecule has 0 saturated heterocycles. The van der Waals surface area contributed by atoms with Gasteiger partial charge >= 0.3 is 0 Å². The van der Waals surface area contributed by atoms with Crippen molar-refractivity contribution < 1.29 is 27.5 Å². The van der Waals surface area contributed by atoms with E-state index in [9.17, 15) is 18.0 Å². The summed E-state index contributed by atoms with van der Waals surface area (Å²) in [6, 6.07) is 19.3. The van der Waals surface area contributed by atoms with Gasteiger partial charge in [-0.15, -0.1) is 0 Å². The summed E-state index contributed by atoms with van der Waals surface area (Å²) in [4.78, 5) is 28.7. The third-order valence-electron chi connectivity index (χ3n) is 6.72. The SMILES string of the molecule is COc1ccc(OC)c(N(CC(=O)N(Cc2ccccc2C)C(C)C(=O)NCC(C)C)S(=O)(=O)c2ccccc2)c1. The van der Waals surface area contributed by atoms with Gasteiger partial charge in [0.2, 0.25) is 11.8 Å². The summed E-state index contributed by atoms with van der Waals surface area (Å²) >= 11 is 0. The minimum atomic E-state index is -4.24. The van der Waals surface area contributed by atoms with Crippen LogP contribution >= 0.6 is 0 Å². The molecular formula is C31H39N3O6S. The van der Waals surface area contributed by atoms with Crippen molar-refractivity contribution in [3.8, 4) is 11.5 Å². The Kier molecular flexibility index (Phi) is 10.8. The van der Waals surface area contributed by atoms with Gasteiger partial charge in [0.05, 0.1) is 24.8 Å². The third kappa shape index (κ3) is 7.79. The molecule has 0 radical (unpaired) electrons. The number of methoxy groups -OCH3 is 2. The number of ether oxygens (including phenoxy) is 2. The summed E-state index contributed by atoms with van der Waals surface area (Å²) in [5.74, 6) is -0.0217. The van der Waals surface area contributed by atoms with Crippen molar-refractivity contribution in [1.82, 2.24) is 10.2 Å². The number of sulfonamides is 1. The zero-order valence-electron chi connectivity index (χ0n) is 24.5. The highest BCUT2D eigenvalue weighted by Crippen LogP contribution is 2.36. The van der Waals surface area contributed by atoms with Crippen LogP contribution in [0.3, 0.4) is 0 Å². The fraction of sp³-hybridized carbons (Fsp3) is 0.355. The monoisotopic (exact) mass is 581 g/mol. The standard InChI is InChI=1S/C31H39N3O6S/c1-22(2)19-32-31(36)24(4)33(20-25-13-11-10-12-23(25)3)30(35)21-34(41(37,38)27-14-8-7-9-15-27)28-18-26(39-5)16-17-29(28)40-6/h7-18,22,24H,19-21H2,1-6H3,(H,32,36). The van der Waals surface area contributed by atoms with Crippen LogP contribution in [0.25, 0.3) is 0 Å². The number of carbonyl (C=O) groups excluding carboxylic acids is 2. The van der Waals surface area contributed by atoms with Crippen LogP contribution in [0.15, 0.2) is 77.7 Å². The van der Waals surface area contributed by atoms with Crippen LogP contribution in [0.5, 0.6) is 11.5 Å². The van der Waals surface area contributed by atoms with Crippen LogP contribution in [-0.4, -0.2) is 58.5 Å². The Hall–Kier alpha value is -4.05. The minimum Gasteiger partial charge on any atom is -0.497 e. The lowest BCUT2D eigenvalue weighted by atomic mass is 10.1. The highest BCUT2D eigenvalue weighted by molar-refractivity contribution is 7.92. The topological polar surface area (TPSA) is 105 Å². The number of anilines is 1. The molecule has 0 spiro atoms. The minimum absolute atomic E-state index is 0.00542. The largest absolute Gasteiger partial charge is 0.497 e. The summed E-state index contributed by atoms with van der Waals surface area (Å²) in [7, 11) is -1.35. The summed E-state index contributed by atoms with van der Waals surface area (Å²) in [6.45, 7) is 7.53. The maximum absolute atomic E-state index is 14.1. The van der Waals surface area contributed by atoms with Gasteiger partial charge in [0.15, 0.2) is 0 Å². The first kappa shape index (κ1) is 31.5. The van der Waals surface area contributed by atoms with Crippen LogP contribution in [0, 0.1) is 12.8 Å². The quantitative estimate of drug-likeness (QED) is 0.321. The Morgan fingerprint density at radius 1 is 0.902 bits per heavy atom. The van der Waals surface area contributed by atoms with E-state index in [0.717, 1.165) is 15.4 Å². The van der Waals surface area contributed by atoms with Gasteiger partial charge in [-0.3, -0.25) is 13.9 Å². The lowest BCUT2D eigenvalue weighted by molar-refractivity contribution is -0.139. The second kappa shape index (κ2) is 14.0. The Balaban J connectivity index is 2.10. The van der Waals surface area contributed by atoms with Gasteiger partial charge in [0, 0.05) is 19.2 Å². The third-order valence-corrected chi connectivity index (χ3v) is 8.49. The van der Waals surface area contributed by atoms with Crippen LogP contribution in [-0.2, 0) is 26.2 Å². The average molecular weight is 582 g/mol. The van der Waals surface area contributed by atoms with Crippen molar-refractivity contribution in [3.05, 3.63) is 83.9 Å². The molecule has 0 saturated carbocycles. The zero-order valence-corrected chi connectivity index (χ0v) is 25.3. The number of hydrogen-bond donors (Lipinski definition) is 1. The first-order chi connectivity index (χ1) is 19.5. The fourth-order valence-electron chi connectivity index (χ4n) is 4.23. The van der Waals surface area contributed by atoms with Gasteiger partial charge in [-0.25, -0.2) is 8.42 Å². The summed E-state index contributed by atoms with van der Waals surface area (Å²) in [5.41, 5.74) is 1.93. The number of nitrogens with one attached hydrogen (secondary N) is 1. The highest BCUT2D eigenvalue weighted by Gasteiger charge is 2.34. The number of hydrogen-bond acceptors (Lipinski definition) is 6. The van der Waals surface area contributed by atoms with E-state index in [2.05, 4.69) is 5.32 Å². The van der Waals surface area contributed by atoms with Crippen molar-refractivity contribution in [1.29, 1.82) is 0 Å². The molecule has 1 atom stereocenters. The molecule has 0 fully saturated rings. The van der Waals surface area contributed by atoms with E-state index in [1.165, 1.54) is 37.3 Å². The molecule has 41 heavy (non-hydrogen) atoms. The molecular weight excluding hydrogens is 542 g/mol. The Bertz CT molecular complexity index is 1440. The molecule has 0 aromatic heterocycles. The molecule has 10 heteroatoms. The maximum Gasteiger partial charge on any atom is 0.264 e. The first-order valence-corrected chi connectivity index (χ1v) is 14.8. The molecule has 3 aromatic rings. The number of nitrogens with zero attached hydrogens (tertiary/aromatic N) is 2. The van der Waals surface area contributed by atoms with Crippen molar-refractivity contribution in [2.24, 2.45) is 5.92 Å². The lowest BCUT2D eigenvalue weighted by Gasteiger charge is -2.32. The van der Waals surface area contributed by atoms with Crippen molar-refractivity contribution in [2.45, 2.75) is 45.2 Å². The molecule has 2 amide bonds. The van der Waals surface area contributed by atoms with E-state index < -0.39 is 28.5 Å². The Morgan fingerprint density at radius 3 is 2.17 bits per heavy atom. The zero-order chi connectivity index (χ0) is 30.2. The molecule has 1 N–H and O–H groups in total. The predicted octanol–water partition coefficient (Wildman–Crippen LogP) is 4.40. The van der Waals surface area contributed by atoms with E-state index in [1.807, 2.05) is 45.0 Å². The van der Waals surface area contributed by atoms with Crippen LogP contribution in [0.4, 0.5) is 5.69 Å². The van der Waals surface area contributed by atoms with Crippen molar-refractivity contribution in [3.63, 3.8) is 0 Å². The smallest absolute Gasteiger partial charge is 0.264 e. The van der Waals surface area contributed by atoms with Crippen molar-refractivity contribution >= 4 is 27.5 Å². The number of benzene rings is 3. The van der Waals surface area contributed by atoms with Gasteiger partial charge in [-0.05, 0) is 55.2 Å². The van der Waals surface area contributed by atoms with E-state index in [4.69, 9.17) is 9.47 Å². The highest BCUT2D eigenvalue weighted by atomic mass is 32.2. The molecule has 220 valence electrons. The van der Waals surface area contributed by atoms with E-state index >= 15 is 0 Å². The maximum atomic E-state index is 14.1. The molecule has 3 rings (SSSR count). The molecule has 0 aliphatic heterocycles. The Labute approximate surface area is 243 Å². The van der Waals surface area contributed by atoms with E-state index in [-0.39, 0.29) is 34.7 Å². The van der Waals surface area contributed by atoms with Gasteiger partial charge in [-0.1, -0.05) is 56.3 Å². The molecule has 0 bridgehead atoms. The summed E-state index contributed by atoms with van der Waals surface area (Å²) < 4.78 is 39.9. The van der Waals surface area contributed by atoms with Gasteiger partial charge in [0.1, 0.15) is 24.1 Å². The predicted molar refractivity (Wildman–Crippen MR) is 160 cm³/mol. The second-order valence-corrected chi connectivity index (χ2v) is 12.0. The molecule has 3 aromatic carbocycles. The number of amides is 2. The number of aryl methyl sites for hydroxylation is 1. The average Bonchev–Trinajstić information content (AvgIpc) is 2.97. The molecule has 0 aliphatic carbocycles. The molecule has 0 heterocycles. The van der Waals surface area contributed by atoms with Gasteiger partial charge in [-0.2, -0.15) is 0 Å².